The third-order valence-electron chi connectivity index (χ3n) is 1.94. The summed E-state index contributed by atoms with van der Waals surface area (Å²) in [5, 5.41) is 7.89. The molecule has 1 atom stereocenters. The van der Waals surface area contributed by atoms with Crippen LogP contribution in [-0.4, -0.2) is 20.2 Å². The van der Waals surface area contributed by atoms with E-state index in [0.29, 0.717) is 11.6 Å². The minimum absolute atomic E-state index is 0.571. The molecule has 0 fully saturated rings. The van der Waals surface area contributed by atoms with E-state index < -0.39 is 11.0 Å². The van der Waals surface area contributed by atoms with E-state index in [1.54, 1.807) is 0 Å². The number of fused-ring (bicyclic) bond motifs is 1. The zero-order valence-electron chi connectivity index (χ0n) is 7.78. The molecule has 0 radical (unpaired) electrons. The second-order valence-electron chi connectivity index (χ2n) is 2.85. The molecular weight excluding hydrogens is 198 g/mol. The Morgan fingerprint density at radius 3 is 3.07 bits per heavy atom. The molecule has 0 spiro atoms. The molecule has 2 N–H and O–H groups in total. The van der Waals surface area contributed by atoms with Gasteiger partial charge in [-0.05, 0) is 12.1 Å². The number of para-hydroxylation sites is 1. The molecule has 74 valence electrons. The summed E-state index contributed by atoms with van der Waals surface area (Å²) in [6.45, 7) is 1.86. The van der Waals surface area contributed by atoms with Crippen LogP contribution in [0, 0.1) is 0 Å². The predicted molar refractivity (Wildman–Crippen MR) is 58.4 cm³/mol. The minimum Gasteiger partial charge on any atom is -0.287 e. The normalized spacial score (nSPS) is 12.9. The van der Waals surface area contributed by atoms with Crippen molar-refractivity contribution < 1.29 is 4.21 Å². The highest BCUT2D eigenvalue weighted by atomic mass is 32.2. The van der Waals surface area contributed by atoms with Crippen LogP contribution in [0.2, 0.25) is 0 Å². The Morgan fingerprint density at radius 1 is 1.50 bits per heavy atom. The number of nitrogens with zero attached hydrogens (tertiary/aromatic N) is 1. The molecule has 0 saturated carbocycles. The number of aromatic amines is 1. The topological polar surface area (TPSA) is 57.8 Å². The maximum Gasteiger partial charge on any atom is 0.167 e. The van der Waals surface area contributed by atoms with Crippen LogP contribution in [0.25, 0.3) is 10.9 Å². The highest BCUT2D eigenvalue weighted by Crippen LogP contribution is 2.19. The highest BCUT2D eigenvalue weighted by molar-refractivity contribution is 7.86. The maximum atomic E-state index is 11.3. The molecule has 2 rings (SSSR count). The largest absolute Gasteiger partial charge is 0.287 e. The molecule has 14 heavy (non-hydrogen) atoms. The van der Waals surface area contributed by atoms with Crippen molar-refractivity contribution in [2.24, 2.45) is 0 Å². The lowest BCUT2D eigenvalue weighted by atomic mass is 10.2. The van der Waals surface area contributed by atoms with Gasteiger partial charge in [0.05, 0.1) is 5.52 Å². The number of H-pyrrole nitrogens is 1. The first-order valence-electron chi connectivity index (χ1n) is 4.39. The molecule has 1 aromatic heterocycles. The SMILES string of the molecule is CCS(=O)Nc1n[nH]c2ccccc12. The molecule has 1 heterocycles. The second-order valence-corrected chi connectivity index (χ2v) is 4.33. The highest BCUT2D eigenvalue weighted by Gasteiger charge is 2.05. The molecule has 0 amide bonds. The van der Waals surface area contributed by atoms with E-state index in [1.165, 1.54) is 0 Å². The van der Waals surface area contributed by atoms with Crippen molar-refractivity contribution in [3.05, 3.63) is 24.3 Å². The minimum atomic E-state index is -1.04. The average molecular weight is 209 g/mol. The standard InChI is InChI=1S/C9H11N3OS/c1-2-14(13)12-9-7-5-3-4-6-8(7)10-11-9/h3-6H,2H2,1H3,(H2,10,11,12). The number of aromatic nitrogens is 2. The summed E-state index contributed by atoms with van der Waals surface area (Å²) in [5.41, 5.74) is 0.947. The van der Waals surface area contributed by atoms with E-state index in [4.69, 9.17) is 0 Å². The smallest absolute Gasteiger partial charge is 0.167 e. The van der Waals surface area contributed by atoms with Gasteiger partial charge in [-0.3, -0.25) is 9.82 Å². The fourth-order valence-corrected chi connectivity index (χ4v) is 1.74. The number of hydrogen-bond acceptors (Lipinski definition) is 2. The van der Waals surface area contributed by atoms with Crippen molar-refractivity contribution in [3.8, 4) is 0 Å². The maximum absolute atomic E-state index is 11.3. The van der Waals surface area contributed by atoms with Crippen molar-refractivity contribution in [2.75, 3.05) is 10.5 Å². The molecule has 0 aliphatic rings. The number of hydrogen-bond donors (Lipinski definition) is 2. The Balaban J connectivity index is 2.38. The van der Waals surface area contributed by atoms with Crippen LogP contribution in [0.3, 0.4) is 0 Å². The van der Waals surface area contributed by atoms with Gasteiger partial charge in [-0.15, -0.1) is 0 Å². The van der Waals surface area contributed by atoms with Gasteiger partial charge in [-0.25, -0.2) is 4.21 Å². The van der Waals surface area contributed by atoms with Crippen LogP contribution in [0.5, 0.6) is 0 Å². The summed E-state index contributed by atoms with van der Waals surface area (Å²) in [6, 6.07) is 7.73. The fourth-order valence-electron chi connectivity index (χ4n) is 1.22. The molecule has 0 aliphatic carbocycles. The number of benzene rings is 1. The molecule has 5 heteroatoms. The van der Waals surface area contributed by atoms with Crippen LogP contribution in [0.15, 0.2) is 24.3 Å². The Hall–Kier alpha value is -1.36. The van der Waals surface area contributed by atoms with Crippen LogP contribution in [0.4, 0.5) is 5.82 Å². The van der Waals surface area contributed by atoms with Gasteiger partial charge in [0.2, 0.25) is 0 Å². The van der Waals surface area contributed by atoms with E-state index >= 15 is 0 Å². The summed E-state index contributed by atoms with van der Waals surface area (Å²) in [6.07, 6.45) is 0. The van der Waals surface area contributed by atoms with Gasteiger partial charge in [0.1, 0.15) is 11.0 Å². The van der Waals surface area contributed by atoms with E-state index in [2.05, 4.69) is 14.9 Å². The number of rotatable bonds is 3. The van der Waals surface area contributed by atoms with Crippen molar-refractivity contribution >= 4 is 27.7 Å². The Bertz CT molecular complexity index is 466. The first-order valence-corrected chi connectivity index (χ1v) is 5.71. The van der Waals surface area contributed by atoms with Crippen molar-refractivity contribution in [1.29, 1.82) is 0 Å². The van der Waals surface area contributed by atoms with Crippen LogP contribution >= 0.6 is 0 Å². The van der Waals surface area contributed by atoms with Gasteiger partial charge >= 0.3 is 0 Å². The van der Waals surface area contributed by atoms with Gasteiger partial charge in [-0.2, -0.15) is 5.10 Å². The summed E-state index contributed by atoms with van der Waals surface area (Å²) >= 11 is 0. The summed E-state index contributed by atoms with van der Waals surface area (Å²) in [7, 11) is -1.04. The van der Waals surface area contributed by atoms with Gasteiger partial charge in [0.25, 0.3) is 0 Å². The monoisotopic (exact) mass is 209 g/mol. The quantitative estimate of drug-likeness (QED) is 0.807. The van der Waals surface area contributed by atoms with E-state index in [1.807, 2.05) is 31.2 Å². The Morgan fingerprint density at radius 2 is 2.29 bits per heavy atom. The lowest BCUT2D eigenvalue weighted by Crippen LogP contribution is -2.06. The molecule has 4 nitrogen and oxygen atoms in total. The predicted octanol–water partition coefficient (Wildman–Crippen LogP) is 1.66. The number of nitrogens with one attached hydrogen (secondary N) is 2. The molecule has 1 aromatic carbocycles. The van der Waals surface area contributed by atoms with Crippen LogP contribution in [-0.2, 0) is 11.0 Å². The van der Waals surface area contributed by atoms with Crippen LogP contribution < -0.4 is 4.72 Å². The zero-order chi connectivity index (χ0) is 9.97. The fraction of sp³-hybridized carbons (Fsp3) is 0.222. The van der Waals surface area contributed by atoms with E-state index in [9.17, 15) is 4.21 Å². The first kappa shape index (κ1) is 9.21. The Labute approximate surface area is 84.3 Å². The molecule has 0 bridgehead atoms. The van der Waals surface area contributed by atoms with Gasteiger partial charge in [-0.1, -0.05) is 19.1 Å². The lowest BCUT2D eigenvalue weighted by molar-refractivity contribution is 0.687. The summed E-state index contributed by atoms with van der Waals surface area (Å²) in [5.74, 6) is 1.22. The molecule has 0 aliphatic heterocycles. The summed E-state index contributed by atoms with van der Waals surface area (Å²) in [4.78, 5) is 0. The Kier molecular flexibility index (Phi) is 2.49. The van der Waals surface area contributed by atoms with E-state index in [0.717, 1.165) is 10.9 Å². The lowest BCUT2D eigenvalue weighted by Gasteiger charge is -1.99. The molecule has 0 saturated heterocycles. The van der Waals surface area contributed by atoms with Crippen molar-refractivity contribution in [3.63, 3.8) is 0 Å². The molecule has 1 unspecified atom stereocenters. The third kappa shape index (κ3) is 1.63. The van der Waals surface area contributed by atoms with Gasteiger partial charge in [0, 0.05) is 11.1 Å². The summed E-state index contributed by atoms with van der Waals surface area (Å²) < 4.78 is 14.1. The molecule has 2 aromatic rings. The van der Waals surface area contributed by atoms with Crippen LogP contribution in [0.1, 0.15) is 6.92 Å². The van der Waals surface area contributed by atoms with E-state index in [-0.39, 0.29) is 0 Å². The van der Waals surface area contributed by atoms with Gasteiger partial charge in [0.15, 0.2) is 5.82 Å². The zero-order valence-corrected chi connectivity index (χ0v) is 8.60. The van der Waals surface area contributed by atoms with Crippen molar-refractivity contribution in [2.45, 2.75) is 6.92 Å². The number of anilines is 1. The van der Waals surface area contributed by atoms with Crippen molar-refractivity contribution in [1.82, 2.24) is 10.2 Å². The average Bonchev–Trinajstić information content (AvgIpc) is 2.62. The van der Waals surface area contributed by atoms with Gasteiger partial charge < -0.3 is 0 Å². The third-order valence-corrected chi connectivity index (χ3v) is 2.89. The second kappa shape index (κ2) is 3.79. The molecular formula is C9H11N3OS. The first-order chi connectivity index (χ1) is 6.81.